The number of furan rings is 1. The summed E-state index contributed by atoms with van der Waals surface area (Å²) in [4.78, 5) is 16.7. The molecule has 0 bridgehead atoms. The maximum absolute atomic E-state index is 12.3. The highest BCUT2D eigenvalue weighted by atomic mass is 35.5. The van der Waals surface area contributed by atoms with Crippen molar-refractivity contribution >= 4 is 28.3 Å². The first-order valence-electron chi connectivity index (χ1n) is 7.51. The topological polar surface area (TPSA) is 72.2 Å². The Labute approximate surface area is 152 Å². The van der Waals surface area contributed by atoms with Gasteiger partial charge in [0, 0.05) is 28.9 Å². The molecule has 2 heterocycles. The Morgan fingerprint density at radius 2 is 2.08 bits per heavy atom. The van der Waals surface area contributed by atoms with Crippen LogP contribution in [0.2, 0.25) is 5.02 Å². The van der Waals surface area contributed by atoms with Crippen LogP contribution < -0.4 is 5.32 Å². The zero-order valence-electron chi connectivity index (χ0n) is 13.1. The number of benzene rings is 1. The van der Waals surface area contributed by atoms with Crippen LogP contribution in [0, 0.1) is 0 Å². The normalized spacial score (nSPS) is 11.9. The summed E-state index contributed by atoms with van der Waals surface area (Å²) in [6.45, 7) is 0.358. The van der Waals surface area contributed by atoms with E-state index in [2.05, 4.69) is 10.3 Å². The number of hydrogen-bond donors (Lipinski definition) is 1. The Morgan fingerprint density at radius 1 is 1.20 bits per heavy atom. The monoisotopic (exact) mass is 374 g/mol. The minimum atomic E-state index is -1.30. The van der Waals surface area contributed by atoms with Crippen molar-refractivity contribution in [3.63, 3.8) is 0 Å². The van der Waals surface area contributed by atoms with Gasteiger partial charge in [-0.25, -0.2) is 0 Å². The average Bonchev–Trinajstić information content (AvgIpc) is 3.09. The van der Waals surface area contributed by atoms with Crippen LogP contribution in [0.3, 0.4) is 0 Å². The number of nitrogens with one attached hydrogen (secondary N) is 1. The van der Waals surface area contributed by atoms with Crippen LogP contribution in [0.5, 0.6) is 0 Å². The van der Waals surface area contributed by atoms with E-state index in [4.69, 9.17) is 16.0 Å². The van der Waals surface area contributed by atoms with E-state index in [-0.39, 0.29) is 17.4 Å². The van der Waals surface area contributed by atoms with Crippen molar-refractivity contribution in [3.8, 4) is 0 Å². The van der Waals surface area contributed by atoms with E-state index in [0.29, 0.717) is 22.2 Å². The van der Waals surface area contributed by atoms with Gasteiger partial charge in [0.2, 0.25) is 0 Å². The largest absolute Gasteiger partial charge is 0.455 e. The lowest BCUT2D eigenvalue weighted by atomic mass is 10.3. The molecule has 1 aromatic carbocycles. The lowest BCUT2D eigenvalue weighted by Crippen LogP contribution is -2.22. The van der Waals surface area contributed by atoms with Crippen molar-refractivity contribution in [1.82, 2.24) is 10.3 Å². The highest BCUT2D eigenvalue weighted by Crippen LogP contribution is 2.18. The third-order valence-electron chi connectivity index (χ3n) is 3.39. The number of pyridine rings is 1. The van der Waals surface area contributed by atoms with Gasteiger partial charge in [-0.1, -0.05) is 23.7 Å². The Kier molecular flexibility index (Phi) is 5.63. The molecule has 0 fully saturated rings. The predicted molar refractivity (Wildman–Crippen MR) is 95.7 cm³/mol. The summed E-state index contributed by atoms with van der Waals surface area (Å²) in [5, 5.41) is 3.28. The summed E-state index contributed by atoms with van der Waals surface area (Å²) in [5.74, 6) is 0.506. The van der Waals surface area contributed by atoms with Crippen LogP contribution in [0.4, 0.5) is 0 Å². The molecule has 128 valence electrons. The second kappa shape index (κ2) is 8.09. The Hall–Kier alpha value is -2.44. The first-order valence-corrected chi connectivity index (χ1v) is 9.21. The maximum Gasteiger partial charge on any atom is 0.287 e. The molecular weight excluding hydrogens is 360 g/mol. The van der Waals surface area contributed by atoms with Gasteiger partial charge in [-0.05, 0) is 42.0 Å². The zero-order chi connectivity index (χ0) is 17.6. The second-order valence-electron chi connectivity index (χ2n) is 5.26. The van der Waals surface area contributed by atoms with E-state index in [1.165, 1.54) is 0 Å². The van der Waals surface area contributed by atoms with Gasteiger partial charge in [-0.3, -0.25) is 14.0 Å². The van der Waals surface area contributed by atoms with Gasteiger partial charge in [0.05, 0.1) is 16.6 Å². The fraction of sp³-hybridized carbons (Fsp3) is 0.111. The molecule has 7 heteroatoms. The molecule has 5 nitrogen and oxygen atoms in total. The van der Waals surface area contributed by atoms with Crippen molar-refractivity contribution < 1.29 is 13.4 Å². The predicted octanol–water partition coefficient (Wildman–Crippen LogP) is 3.57. The maximum atomic E-state index is 12.3. The molecule has 0 spiro atoms. The quantitative estimate of drug-likeness (QED) is 0.716. The van der Waals surface area contributed by atoms with E-state index in [9.17, 15) is 9.00 Å². The molecule has 3 aromatic rings. The molecular formula is C18H15ClN2O3S. The molecule has 25 heavy (non-hydrogen) atoms. The van der Waals surface area contributed by atoms with Gasteiger partial charge in [-0.2, -0.15) is 0 Å². The molecule has 0 aliphatic rings. The molecule has 1 N–H and O–H groups in total. The van der Waals surface area contributed by atoms with Crippen molar-refractivity contribution in [1.29, 1.82) is 0 Å². The van der Waals surface area contributed by atoms with E-state index >= 15 is 0 Å². The van der Waals surface area contributed by atoms with Gasteiger partial charge >= 0.3 is 0 Å². The Bertz CT molecular complexity index is 896. The fourth-order valence-electron chi connectivity index (χ4n) is 2.17. The van der Waals surface area contributed by atoms with Crippen LogP contribution in [0.1, 0.15) is 21.9 Å². The third kappa shape index (κ3) is 4.78. The molecule has 0 radical (unpaired) electrons. The lowest BCUT2D eigenvalue weighted by molar-refractivity contribution is 0.0921. The molecule has 1 atom stereocenters. The zero-order valence-corrected chi connectivity index (χ0v) is 14.7. The van der Waals surface area contributed by atoms with Crippen molar-refractivity contribution in [3.05, 3.63) is 83.0 Å². The summed E-state index contributed by atoms with van der Waals surface area (Å²) < 4.78 is 17.8. The summed E-state index contributed by atoms with van der Waals surface area (Å²) in [6.07, 6.45) is 3.35. The summed E-state index contributed by atoms with van der Waals surface area (Å²) in [5.41, 5.74) is 0.893. The number of halogens is 1. The highest BCUT2D eigenvalue weighted by Gasteiger charge is 2.13. The average molecular weight is 375 g/mol. The van der Waals surface area contributed by atoms with Crippen molar-refractivity contribution in [2.24, 2.45) is 0 Å². The van der Waals surface area contributed by atoms with E-state index < -0.39 is 10.8 Å². The molecule has 1 unspecified atom stereocenters. The van der Waals surface area contributed by atoms with E-state index in [1.807, 2.05) is 6.07 Å². The third-order valence-corrected chi connectivity index (χ3v) is 4.96. The first-order chi connectivity index (χ1) is 12.1. The molecule has 2 aromatic heterocycles. The second-order valence-corrected chi connectivity index (χ2v) is 7.14. The molecule has 0 aliphatic heterocycles. The van der Waals surface area contributed by atoms with Crippen LogP contribution in [-0.2, 0) is 23.1 Å². The summed E-state index contributed by atoms with van der Waals surface area (Å²) in [6, 6.07) is 13.8. The molecule has 3 rings (SSSR count). The number of nitrogens with zero attached hydrogens (tertiary/aromatic N) is 1. The summed E-state index contributed by atoms with van der Waals surface area (Å²) >= 11 is 5.91. The Balaban J connectivity index is 1.60. The fourth-order valence-corrected chi connectivity index (χ4v) is 3.49. The highest BCUT2D eigenvalue weighted by molar-refractivity contribution is 7.84. The number of carbonyl (C=O) groups excluding carboxylic acids is 1. The molecule has 0 saturated heterocycles. The molecule has 1 amide bonds. The van der Waals surface area contributed by atoms with Crippen LogP contribution in [0.15, 0.2) is 70.2 Å². The van der Waals surface area contributed by atoms with Gasteiger partial charge in [0.15, 0.2) is 5.76 Å². The minimum Gasteiger partial charge on any atom is -0.455 e. The van der Waals surface area contributed by atoms with Crippen molar-refractivity contribution in [2.45, 2.75) is 17.2 Å². The Morgan fingerprint density at radius 3 is 2.84 bits per heavy atom. The number of amides is 1. The van der Waals surface area contributed by atoms with Gasteiger partial charge < -0.3 is 9.73 Å². The molecule has 0 saturated carbocycles. The van der Waals surface area contributed by atoms with Gasteiger partial charge in [0.1, 0.15) is 5.76 Å². The van der Waals surface area contributed by atoms with E-state index in [1.54, 1.807) is 54.9 Å². The lowest BCUT2D eigenvalue weighted by Gasteiger charge is -2.03. The number of rotatable bonds is 6. The minimum absolute atomic E-state index is 0.177. The summed E-state index contributed by atoms with van der Waals surface area (Å²) in [7, 11) is -1.30. The standard InChI is InChI=1S/C18H15ClN2O3S/c19-14-4-1-5-16(9-14)25(23)12-15-6-7-17(24-15)18(22)21-11-13-3-2-8-20-10-13/h1-10H,11-12H2,(H,21,22). The van der Waals surface area contributed by atoms with Crippen LogP contribution in [-0.4, -0.2) is 15.1 Å². The van der Waals surface area contributed by atoms with Crippen LogP contribution >= 0.6 is 11.6 Å². The first kappa shape index (κ1) is 17.4. The smallest absolute Gasteiger partial charge is 0.287 e. The number of carbonyl (C=O) groups is 1. The number of hydrogen-bond acceptors (Lipinski definition) is 4. The van der Waals surface area contributed by atoms with E-state index in [0.717, 1.165) is 5.56 Å². The van der Waals surface area contributed by atoms with Gasteiger partial charge in [0.25, 0.3) is 5.91 Å². The number of aromatic nitrogens is 1. The van der Waals surface area contributed by atoms with Crippen LogP contribution in [0.25, 0.3) is 0 Å². The molecule has 0 aliphatic carbocycles. The SMILES string of the molecule is O=C(NCc1cccnc1)c1ccc(CS(=O)c2cccc(Cl)c2)o1. The van der Waals surface area contributed by atoms with Gasteiger partial charge in [-0.15, -0.1) is 0 Å². The van der Waals surface area contributed by atoms with Crippen molar-refractivity contribution in [2.75, 3.05) is 0 Å².